The molecule has 2 aromatic carbocycles. The van der Waals surface area contributed by atoms with E-state index in [2.05, 4.69) is 47.2 Å². The van der Waals surface area contributed by atoms with E-state index in [0.717, 1.165) is 22.9 Å². The number of benzene rings is 2. The van der Waals surface area contributed by atoms with Crippen molar-refractivity contribution in [1.29, 1.82) is 0 Å². The van der Waals surface area contributed by atoms with Gasteiger partial charge in [0.1, 0.15) is 17.2 Å². The van der Waals surface area contributed by atoms with E-state index in [1.165, 1.54) is 12.1 Å². The average molecular weight is 644 g/mol. The molecule has 1 atom stereocenters. The maximum Gasteiger partial charge on any atom is 0.407 e. The number of amides is 2. The highest BCUT2D eigenvalue weighted by Crippen LogP contribution is 2.31. The summed E-state index contributed by atoms with van der Waals surface area (Å²) in [5, 5.41) is 18.9. The zero-order valence-electron chi connectivity index (χ0n) is 24.0. The molecule has 1 fully saturated rings. The first-order chi connectivity index (χ1) is 20.0. The predicted octanol–water partition coefficient (Wildman–Crippen LogP) is 5.86. The van der Waals surface area contributed by atoms with Crippen molar-refractivity contribution < 1.29 is 23.5 Å². The van der Waals surface area contributed by atoms with Crippen LogP contribution in [0.25, 0.3) is 11.4 Å². The van der Waals surface area contributed by atoms with Gasteiger partial charge in [-0.1, -0.05) is 28.1 Å². The summed E-state index contributed by atoms with van der Waals surface area (Å²) in [5.74, 6) is -1.31. The van der Waals surface area contributed by atoms with Crippen molar-refractivity contribution in [3.63, 3.8) is 0 Å². The summed E-state index contributed by atoms with van der Waals surface area (Å²) in [6.45, 7) is 5.96. The number of halogens is 2. The number of Topliss-reactive ketones (excluding diaryl/α,β-unsaturated/α-hetero) is 1. The maximum atomic E-state index is 14.7. The lowest BCUT2D eigenvalue weighted by atomic mass is 9.77. The van der Waals surface area contributed by atoms with Crippen LogP contribution in [0.3, 0.4) is 0 Å². The third-order valence-corrected chi connectivity index (χ3v) is 7.80. The molecular weight excluding hydrogens is 607 g/mol. The van der Waals surface area contributed by atoms with Gasteiger partial charge >= 0.3 is 6.09 Å². The Hall–Kier alpha value is -3.67. The summed E-state index contributed by atoms with van der Waals surface area (Å²) < 4.78 is 21.0. The molecule has 3 aromatic rings. The molecule has 12 heteroatoms. The molecule has 0 spiro atoms. The summed E-state index contributed by atoms with van der Waals surface area (Å²) in [5.41, 5.74) is 0.790. The van der Waals surface area contributed by atoms with Gasteiger partial charge in [-0.15, -0.1) is 10.2 Å². The first-order valence-corrected chi connectivity index (χ1v) is 14.8. The number of alkyl carbamates (subject to hydrolysis) is 1. The van der Waals surface area contributed by atoms with Crippen molar-refractivity contribution in [2.75, 3.05) is 11.9 Å². The molecule has 3 N–H and O–H groups in total. The van der Waals surface area contributed by atoms with Crippen LogP contribution in [-0.4, -0.2) is 50.6 Å². The van der Waals surface area contributed by atoms with Crippen LogP contribution in [0.2, 0.25) is 0 Å². The highest BCUT2D eigenvalue weighted by molar-refractivity contribution is 9.10. The lowest BCUT2D eigenvalue weighted by molar-refractivity contribution is -0.129. The zero-order valence-corrected chi connectivity index (χ0v) is 25.5. The molecule has 0 saturated heterocycles. The molecule has 1 aliphatic carbocycles. The van der Waals surface area contributed by atoms with Crippen molar-refractivity contribution >= 4 is 39.4 Å². The molecule has 10 nitrogen and oxygen atoms in total. The second kappa shape index (κ2) is 14.0. The molecule has 0 unspecified atom stereocenters. The summed E-state index contributed by atoms with van der Waals surface area (Å²) in [6, 6.07) is 11.9. The smallest absolute Gasteiger partial charge is 0.407 e. The van der Waals surface area contributed by atoms with Crippen LogP contribution in [0.15, 0.2) is 46.9 Å². The first-order valence-electron chi connectivity index (χ1n) is 14.0. The van der Waals surface area contributed by atoms with Gasteiger partial charge in [0, 0.05) is 35.0 Å². The quantitative estimate of drug-likeness (QED) is 0.252. The zero-order chi connectivity index (χ0) is 30.3. The summed E-state index contributed by atoms with van der Waals surface area (Å²) in [7, 11) is 0. The normalized spacial score (nSPS) is 17.7. The van der Waals surface area contributed by atoms with Crippen molar-refractivity contribution in [3.05, 3.63) is 58.3 Å². The molecule has 1 aromatic heterocycles. The van der Waals surface area contributed by atoms with E-state index in [1.807, 2.05) is 45.0 Å². The van der Waals surface area contributed by atoms with Gasteiger partial charge < -0.3 is 15.4 Å². The number of ketones is 1. The van der Waals surface area contributed by atoms with Gasteiger partial charge in [-0.2, -0.15) is 5.21 Å². The molecule has 1 heterocycles. The lowest BCUT2D eigenvalue weighted by Gasteiger charge is -2.29. The van der Waals surface area contributed by atoms with Crippen molar-refractivity contribution in [3.8, 4) is 11.4 Å². The number of tetrazole rings is 1. The minimum absolute atomic E-state index is 0.0458. The SMILES string of the molecule is CC(C)(C)OC(=O)NCC1CCC(C(=O)C[C@@H](Cc2ccc(Br)cc2)C(=O)Nc2ccc(-c3nn[nH]n3)c(F)c2)CC1. The van der Waals surface area contributed by atoms with E-state index in [-0.39, 0.29) is 47.0 Å². The van der Waals surface area contributed by atoms with E-state index in [1.54, 1.807) is 6.07 Å². The molecule has 4 rings (SSSR count). The Morgan fingerprint density at radius 2 is 1.81 bits per heavy atom. The number of rotatable bonds is 10. The largest absolute Gasteiger partial charge is 0.444 e. The fraction of sp³-hybridized carbons (Fsp3) is 0.467. The number of nitrogens with zero attached hydrogens (tertiary/aromatic N) is 3. The van der Waals surface area contributed by atoms with E-state index in [4.69, 9.17) is 4.74 Å². The Balaban J connectivity index is 1.37. The summed E-state index contributed by atoms with van der Waals surface area (Å²) in [6.07, 6.45) is 3.03. The van der Waals surface area contributed by atoms with Gasteiger partial charge in [0.2, 0.25) is 11.7 Å². The van der Waals surface area contributed by atoms with Gasteiger partial charge in [-0.25, -0.2) is 9.18 Å². The molecule has 1 aliphatic rings. The number of ether oxygens (including phenoxy) is 1. The number of nitrogens with one attached hydrogen (secondary N) is 3. The van der Waals surface area contributed by atoms with E-state index in [9.17, 15) is 18.8 Å². The number of carbonyl (C=O) groups excluding carboxylic acids is 3. The Labute approximate surface area is 252 Å². The Kier molecular flexibility index (Phi) is 10.4. The molecular formula is C30H36BrFN6O4. The maximum absolute atomic E-state index is 14.7. The fourth-order valence-corrected chi connectivity index (χ4v) is 5.36. The standard InChI is InChI=1S/C30H36BrFN6O4/c1-30(2,3)42-29(41)33-17-19-4-8-20(9-5-19)26(39)15-21(14-18-6-10-22(31)11-7-18)28(40)34-23-12-13-24(25(32)16-23)27-35-37-38-36-27/h6-7,10-13,16,19-21H,4-5,8-9,14-15,17H2,1-3H3,(H,33,41)(H,34,40)(H,35,36,37,38)/t19?,20?,21-/m1/s1. The van der Waals surface area contributed by atoms with Crippen molar-refractivity contribution in [2.24, 2.45) is 17.8 Å². The van der Waals surface area contributed by atoms with Gasteiger partial charge in [0.05, 0.1) is 5.56 Å². The van der Waals surface area contributed by atoms with E-state index < -0.39 is 23.4 Å². The minimum atomic E-state index is -0.634. The number of carbonyl (C=O) groups is 3. The van der Waals surface area contributed by atoms with Crippen molar-refractivity contribution in [2.45, 2.75) is 64.9 Å². The molecule has 42 heavy (non-hydrogen) atoms. The minimum Gasteiger partial charge on any atom is -0.444 e. The van der Waals surface area contributed by atoms with Gasteiger partial charge in [-0.05, 0) is 99.9 Å². The number of H-pyrrole nitrogens is 1. The Morgan fingerprint density at radius 1 is 1.10 bits per heavy atom. The number of hydrogen-bond acceptors (Lipinski definition) is 7. The predicted molar refractivity (Wildman–Crippen MR) is 159 cm³/mol. The Bertz CT molecular complexity index is 1370. The van der Waals surface area contributed by atoms with Crippen molar-refractivity contribution in [1.82, 2.24) is 25.9 Å². The van der Waals surface area contributed by atoms with Crippen LogP contribution in [0.1, 0.15) is 58.4 Å². The first kappa shape index (κ1) is 31.3. The fourth-order valence-electron chi connectivity index (χ4n) is 5.10. The highest BCUT2D eigenvalue weighted by atomic mass is 79.9. The number of aromatic nitrogens is 4. The van der Waals surface area contributed by atoms with Crippen LogP contribution in [0.4, 0.5) is 14.9 Å². The second-order valence-corrected chi connectivity index (χ2v) is 12.6. The van der Waals surface area contributed by atoms with Crippen LogP contribution >= 0.6 is 15.9 Å². The topological polar surface area (TPSA) is 139 Å². The van der Waals surface area contributed by atoms with E-state index >= 15 is 0 Å². The van der Waals surface area contributed by atoms with Gasteiger partial charge in [0.25, 0.3) is 0 Å². The third-order valence-electron chi connectivity index (χ3n) is 7.27. The lowest BCUT2D eigenvalue weighted by Crippen LogP contribution is -2.37. The monoisotopic (exact) mass is 642 g/mol. The number of aromatic amines is 1. The summed E-state index contributed by atoms with van der Waals surface area (Å²) in [4.78, 5) is 38.8. The highest BCUT2D eigenvalue weighted by Gasteiger charge is 2.31. The second-order valence-electron chi connectivity index (χ2n) is 11.7. The van der Waals surface area contributed by atoms with Crippen LogP contribution in [0.5, 0.6) is 0 Å². The molecule has 1 saturated carbocycles. The number of anilines is 1. The summed E-state index contributed by atoms with van der Waals surface area (Å²) >= 11 is 3.43. The van der Waals surface area contributed by atoms with Gasteiger partial charge in [-0.3, -0.25) is 9.59 Å². The van der Waals surface area contributed by atoms with Crippen LogP contribution in [-0.2, 0) is 20.7 Å². The molecule has 0 radical (unpaired) electrons. The molecule has 2 amide bonds. The Morgan fingerprint density at radius 3 is 2.43 bits per heavy atom. The number of hydrogen-bond donors (Lipinski definition) is 3. The van der Waals surface area contributed by atoms with Crippen LogP contribution in [0, 0.1) is 23.6 Å². The molecule has 0 aliphatic heterocycles. The van der Waals surface area contributed by atoms with Gasteiger partial charge in [0.15, 0.2) is 0 Å². The average Bonchev–Trinajstić information content (AvgIpc) is 3.47. The van der Waals surface area contributed by atoms with Crippen LogP contribution < -0.4 is 10.6 Å². The third kappa shape index (κ3) is 9.17. The van der Waals surface area contributed by atoms with E-state index in [0.29, 0.717) is 25.8 Å². The molecule has 0 bridgehead atoms. The molecule has 224 valence electrons.